The Labute approximate surface area is 182 Å². The second kappa shape index (κ2) is 7.86. The van der Waals surface area contributed by atoms with Gasteiger partial charge in [0.25, 0.3) is 0 Å². The molecular formula is C25H30N2O4. The summed E-state index contributed by atoms with van der Waals surface area (Å²) < 4.78 is 11.8. The van der Waals surface area contributed by atoms with E-state index in [4.69, 9.17) is 9.47 Å². The molecular weight excluding hydrogens is 392 g/mol. The van der Waals surface area contributed by atoms with E-state index in [0.29, 0.717) is 13.0 Å². The summed E-state index contributed by atoms with van der Waals surface area (Å²) in [5, 5.41) is 22.7. The minimum atomic E-state index is -0.548. The van der Waals surface area contributed by atoms with Crippen molar-refractivity contribution in [2.45, 2.75) is 44.0 Å². The molecule has 31 heavy (non-hydrogen) atoms. The van der Waals surface area contributed by atoms with Gasteiger partial charge in [-0.15, -0.1) is 0 Å². The van der Waals surface area contributed by atoms with Gasteiger partial charge in [-0.2, -0.15) is 0 Å². The number of methoxy groups -OCH3 is 1. The van der Waals surface area contributed by atoms with Gasteiger partial charge in [-0.05, 0) is 43.5 Å². The molecule has 1 saturated heterocycles. The van der Waals surface area contributed by atoms with Crippen LogP contribution in [-0.2, 0) is 0 Å². The first-order chi connectivity index (χ1) is 15.0. The zero-order valence-electron chi connectivity index (χ0n) is 18.1. The summed E-state index contributed by atoms with van der Waals surface area (Å²) in [6, 6.07) is 11.9. The number of rotatable bonds is 4. The Kier molecular flexibility index (Phi) is 5.16. The van der Waals surface area contributed by atoms with E-state index in [1.54, 1.807) is 7.11 Å². The lowest BCUT2D eigenvalue weighted by Crippen LogP contribution is -2.51. The van der Waals surface area contributed by atoms with Gasteiger partial charge in [0.05, 0.1) is 19.3 Å². The van der Waals surface area contributed by atoms with E-state index in [1.165, 1.54) is 5.56 Å². The maximum Gasteiger partial charge on any atom is 0.129 e. The highest BCUT2D eigenvalue weighted by Gasteiger charge is 2.43. The molecule has 1 spiro atoms. The molecule has 0 bridgehead atoms. The summed E-state index contributed by atoms with van der Waals surface area (Å²) in [6.45, 7) is 4.30. The van der Waals surface area contributed by atoms with Gasteiger partial charge in [0.15, 0.2) is 0 Å². The molecule has 3 N–H and O–H groups in total. The molecule has 1 fully saturated rings. The highest BCUT2D eigenvalue weighted by molar-refractivity contribution is 5.84. The van der Waals surface area contributed by atoms with E-state index < -0.39 is 12.2 Å². The zero-order valence-corrected chi connectivity index (χ0v) is 18.1. The van der Waals surface area contributed by atoms with Crippen LogP contribution in [0.15, 0.2) is 42.6 Å². The van der Waals surface area contributed by atoms with Gasteiger partial charge >= 0.3 is 0 Å². The fraction of sp³-hybridized carbons (Fsp3) is 0.440. The van der Waals surface area contributed by atoms with Crippen LogP contribution in [0.4, 0.5) is 0 Å². The largest absolute Gasteiger partial charge is 0.497 e. The first-order valence-corrected chi connectivity index (χ1v) is 11.0. The van der Waals surface area contributed by atoms with Crippen LogP contribution in [0.2, 0.25) is 0 Å². The molecule has 3 aromatic rings. The number of aliphatic hydroxyl groups excluding tert-OH is 2. The number of benzene rings is 2. The van der Waals surface area contributed by atoms with Gasteiger partial charge < -0.3 is 29.6 Å². The fourth-order valence-electron chi connectivity index (χ4n) is 5.07. The Bertz CT molecular complexity index is 1080. The number of β-amino-alcohol motifs (C(OH)–C–C–N with tert-alkyl or cyclic N) is 1. The Morgan fingerprint density at radius 3 is 2.81 bits per heavy atom. The molecule has 6 nitrogen and oxygen atoms in total. The number of aryl methyl sites for hydroxylation is 1. The molecule has 6 heteroatoms. The van der Waals surface area contributed by atoms with Crippen LogP contribution in [0, 0.1) is 6.92 Å². The predicted octanol–water partition coefficient (Wildman–Crippen LogP) is 3.87. The monoisotopic (exact) mass is 422 g/mol. The molecule has 164 valence electrons. The van der Waals surface area contributed by atoms with Crippen molar-refractivity contribution in [1.82, 2.24) is 9.88 Å². The number of ether oxygens (including phenoxy) is 2. The Morgan fingerprint density at radius 1 is 1.23 bits per heavy atom. The number of fused-ring (bicyclic) bond motifs is 2. The Hall–Kier alpha value is -2.54. The lowest BCUT2D eigenvalue weighted by atomic mass is 9.81. The van der Waals surface area contributed by atoms with Crippen LogP contribution >= 0.6 is 0 Å². The lowest BCUT2D eigenvalue weighted by molar-refractivity contribution is -0.0588. The molecule has 2 aromatic carbocycles. The maximum atomic E-state index is 10.9. The summed E-state index contributed by atoms with van der Waals surface area (Å²) in [7, 11) is 1.63. The smallest absolute Gasteiger partial charge is 0.129 e. The van der Waals surface area contributed by atoms with Crippen molar-refractivity contribution in [3.05, 3.63) is 59.3 Å². The summed E-state index contributed by atoms with van der Waals surface area (Å²) in [5.74, 6) is 1.46. The molecule has 0 unspecified atom stereocenters. The molecule has 2 aliphatic rings. The van der Waals surface area contributed by atoms with Crippen molar-refractivity contribution in [3.8, 4) is 11.5 Å². The fourth-order valence-corrected chi connectivity index (χ4v) is 5.07. The third-order valence-corrected chi connectivity index (χ3v) is 6.90. The van der Waals surface area contributed by atoms with E-state index in [2.05, 4.69) is 35.0 Å². The Morgan fingerprint density at radius 2 is 2.03 bits per heavy atom. The van der Waals surface area contributed by atoms with Crippen molar-refractivity contribution >= 4 is 10.9 Å². The highest BCUT2D eigenvalue weighted by atomic mass is 16.5. The van der Waals surface area contributed by atoms with Crippen molar-refractivity contribution in [2.24, 2.45) is 0 Å². The zero-order chi connectivity index (χ0) is 21.6. The quantitative estimate of drug-likeness (QED) is 0.595. The van der Waals surface area contributed by atoms with Gasteiger partial charge in [0.2, 0.25) is 0 Å². The standard InChI is InChI=1S/C25H30N2O4/c1-16-3-5-18-20(14-26-21(18)11-16)23(29)15-27-9-7-25(8-10-27)13-22(28)19-6-4-17(30-2)12-24(19)31-25/h3-6,11-12,14,22-23,26,28-29H,7-10,13,15H2,1-2H3/t22-,23-/m0/s1. The average Bonchev–Trinajstić information content (AvgIpc) is 3.18. The number of likely N-dealkylation sites (tertiary alicyclic amines) is 1. The minimum absolute atomic E-state index is 0.363. The molecule has 2 aliphatic heterocycles. The molecule has 0 saturated carbocycles. The number of H-pyrrole nitrogens is 1. The van der Waals surface area contributed by atoms with Gasteiger partial charge in [0.1, 0.15) is 17.1 Å². The van der Waals surface area contributed by atoms with Gasteiger partial charge in [-0.3, -0.25) is 0 Å². The number of nitrogens with zero attached hydrogens (tertiary/aromatic N) is 1. The molecule has 3 heterocycles. The summed E-state index contributed by atoms with van der Waals surface area (Å²) in [6.07, 6.45) is 3.09. The first-order valence-electron chi connectivity index (χ1n) is 11.0. The van der Waals surface area contributed by atoms with Crippen LogP contribution in [0.5, 0.6) is 11.5 Å². The van der Waals surface area contributed by atoms with Crippen LogP contribution < -0.4 is 9.47 Å². The first kappa shape index (κ1) is 20.4. The summed E-state index contributed by atoms with van der Waals surface area (Å²) in [4.78, 5) is 5.57. The van der Waals surface area contributed by atoms with Gasteiger partial charge in [-0.1, -0.05) is 12.1 Å². The Balaban J connectivity index is 1.26. The number of aliphatic hydroxyl groups is 2. The van der Waals surface area contributed by atoms with Gasteiger partial charge in [-0.25, -0.2) is 0 Å². The molecule has 2 atom stereocenters. The molecule has 0 amide bonds. The number of aromatic nitrogens is 1. The van der Waals surface area contributed by atoms with Crippen LogP contribution in [0.3, 0.4) is 0 Å². The molecule has 0 aliphatic carbocycles. The van der Waals surface area contributed by atoms with Gasteiger partial charge in [0, 0.05) is 60.3 Å². The summed E-state index contributed by atoms with van der Waals surface area (Å²) >= 11 is 0. The van der Waals surface area contributed by atoms with E-state index in [-0.39, 0.29) is 5.60 Å². The van der Waals surface area contributed by atoms with Crippen LogP contribution in [-0.4, -0.2) is 52.4 Å². The molecule has 5 rings (SSSR count). The van der Waals surface area contributed by atoms with Crippen molar-refractivity contribution in [3.63, 3.8) is 0 Å². The van der Waals surface area contributed by atoms with Crippen molar-refractivity contribution < 1.29 is 19.7 Å². The van der Waals surface area contributed by atoms with Crippen LogP contribution in [0.1, 0.15) is 48.2 Å². The number of hydrogen-bond donors (Lipinski definition) is 3. The third-order valence-electron chi connectivity index (χ3n) is 6.90. The highest BCUT2D eigenvalue weighted by Crippen LogP contribution is 2.45. The number of nitrogens with one attached hydrogen (secondary N) is 1. The van der Waals surface area contributed by atoms with Crippen molar-refractivity contribution in [1.29, 1.82) is 0 Å². The SMILES string of the molecule is COc1ccc2c(c1)OC1(CCN(C[C@H](O)c3c[nH]c4cc(C)ccc34)CC1)C[C@@H]2O. The summed E-state index contributed by atoms with van der Waals surface area (Å²) in [5.41, 5.74) is 3.67. The molecule has 1 aromatic heterocycles. The van der Waals surface area contributed by atoms with E-state index in [9.17, 15) is 10.2 Å². The number of piperidine rings is 1. The van der Waals surface area contributed by atoms with E-state index in [0.717, 1.165) is 59.5 Å². The molecule has 0 radical (unpaired) electrons. The maximum absolute atomic E-state index is 10.9. The van der Waals surface area contributed by atoms with Crippen molar-refractivity contribution in [2.75, 3.05) is 26.7 Å². The lowest BCUT2D eigenvalue weighted by Gasteiger charge is -2.46. The topological polar surface area (TPSA) is 78.0 Å². The third kappa shape index (κ3) is 3.80. The minimum Gasteiger partial charge on any atom is -0.497 e. The predicted molar refractivity (Wildman–Crippen MR) is 120 cm³/mol. The van der Waals surface area contributed by atoms with E-state index >= 15 is 0 Å². The average molecular weight is 423 g/mol. The van der Waals surface area contributed by atoms with Crippen LogP contribution in [0.25, 0.3) is 10.9 Å². The number of aromatic amines is 1. The second-order valence-corrected chi connectivity index (χ2v) is 9.02. The van der Waals surface area contributed by atoms with E-state index in [1.807, 2.05) is 24.4 Å². The number of hydrogen-bond acceptors (Lipinski definition) is 5. The second-order valence-electron chi connectivity index (χ2n) is 9.02. The normalized spacial score (nSPS) is 21.6.